The molecule has 1 aromatic heterocycles. The number of allylic oxidation sites excluding steroid dienone is 13. The van der Waals surface area contributed by atoms with Gasteiger partial charge in [0.15, 0.2) is 0 Å². The zero-order valence-electron chi connectivity index (χ0n) is 26.7. The van der Waals surface area contributed by atoms with Crippen LogP contribution in [0.3, 0.4) is 0 Å². The van der Waals surface area contributed by atoms with Gasteiger partial charge in [0.05, 0.1) is 11.1 Å². The molecule has 8 rings (SSSR count). The largest absolute Gasteiger partial charge is 0.372 e. The highest BCUT2D eigenvalue weighted by Gasteiger charge is 2.36. The summed E-state index contributed by atoms with van der Waals surface area (Å²) in [6.07, 6.45) is 28.3. The molecular weight excluding hydrogens is 556 g/mol. The van der Waals surface area contributed by atoms with Crippen LogP contribution in [0.4, 0.5) is 5.69 Å². The third-order valence-corrected chi connectivity index (χ3v) is 10.1. The minimum atomic E-state index is -0.382. The average Bonchev–Trinajstić information content (AvgIpc) is 3.35. The van der Waals surface area contributed by atoms with Crippen LogP contribution in [-0.2, 0) is 0 Å². The van der Waals surface area contributed by atoms with E-state index in [0.717, 1.165) is 22.9 Å². The Labute approximate surface area is 272 Å². The van der Waals surface area contributed by atoms with Gasteiger partial charge in [0, 0.05) is 34.3 Å². The minimum absolute atomic E-state index is 0.382. The lowest BCUT2D eigenvalue weighted by Crippen LogP contribution is -2.39. The van der Waals surface area contributed by atoms with Crippen molar-refractivity contribution in [1.29, 1.82) is 0 Å². The van der Waals surface area contributed by atoms with Gasteiger partial charge in [-0.3, -0.25) is 4.98 Å². The predicted molar refractivity (Wildman–Crippen MR) is 195 cm³/mol. The number of rotatable bonds is 4. The highest BCUT2D eigenvalue weighted by Crippen LogP contribution is 2.47. The lowest BCUT2D eigenvalue weighted by molar-refractivity contribution is 0.565. The summed E-state index contributed by atoms with van der Waals surface area (Å²) < 4.78 is 0. The number of nitrogens with one attached hydrogen (secondary N) is 1. The minimum Gasteiger partial charge on any atom is -0.372 e. The number of nitrogens with zero attached hydrogens (tertiary/aromatic N) is 1. The highest BCUT2D eigenvalue weighted by atomic mass is 15.0. The van der Waals surface area contributed by atoms with Gasteiger partial charge in [0.2, 0.25) is 0 Å². The normalized spacial score (nSPS) is 23.2. The van der Waals surface area contributed by atoms with Gasteiger partial charge < -0.3 is 5.32 Å². The first-order chi connectivity index (χ1) is 22.5. The van der Waals surface area contributed by atoms with Gasteiger partial charge in [-0.1, -0.05) is 134 Å². The molecule has 2 unspecified atom stereocenters. The van der Waals surface area contributed by atoms with E-state index in [1.165, 1.54) is 55.8 Å². The van der Waals surface area contributed by atoms with Crippen LogP contribution in [0.25, 0.3) is 33.2 Å². The molecular formula is C44H38N2. The Bertz CT molecular complexity index is 2120. The van der Waals surface area contributed by atoms with Crippen LogP contribution in [0.15, 0.2) is 163 Å². The van der Waals surface area contributed by atoms with E-state index in [2.05, 4.69) is 160 Å². The van der Waals surface area contributed by atoms with E-state index in [1.54, 1.807) is 0 Å². The monoisotopic (exact) mass is 594 g/mol. The first-order valence-electron chi connectivity index (χ1n) is 16.4. The Morgan fingerprint density at radius 3 is 2.59 bits per heavy atom. The molecule has 0 bridgehead atoms. The van der Waals surface area contributed by atoms with E-state index in [-0.39, 0.29) is 5.54 Å². The maximum absolute atomic E-state index is 4.74. The molecule has 1 aliphatic heterocycles. The number of hydrogen-bond donors (Lipinski definition) is 1. The van der Waals surface area contributed by atoms with Crippen molar-refractivity contribution in [2.75, 3.05) is 5.32 Å². The van der Waals surface area contributed by atoms with Crippen molar-refractivity contribution in [1.82, 2.24) is 4.98 Å². The van der Waals surface area contributed by atoms with Crippen molar-refractivity contribution in [3.8, 4) is 11.1 Å². The van der Waals surface area contributed by atoms with Gasteiger partial charge >= 0.3 is 0 Å². The van der Waals surface area contributed by atoms with E-state index in [9.17, 15) is 0 Å². The van der Waals surface area contributed by atoms with Gasteiger partial charge in [-0.05, 0) is 82.9 Å². The van der Waals surface area contributed by atoms with Crippen LogP contribution in [0.1, 0.15) is 37.0 Å². The Hall–Kier alpha value is -5.21. The van der Waals surface area contributed by atoms with Crippen molar-refractivity contribution in [2.45, 2.75) is 32.7 Å². The summed E-state index contributed by atoms with van der Waals surface area (Å²) in [5.41, 5.74) is 14.6. The van der Waals surface area contributed by atoms with Crippen LogP contribution in [0.5, 0.6) is 0 Å². The van der Waals surface area contributed by atoms with Crippen LogP contribution in [0.2, 0.25) is 0 Å². The standard InChI is InChI=1S/C44H38N2/c1-29-26-36(27-35-14-7-8-19-37(29)35)44(3)28-41(40-24-23-38(30(2)42(40)46-44)31-12-5-4-6-13-31)33-16-9-15-32(21-22-33)39-20-10-17-34-18-11-25-45-43(34)39/h4-15,17-29,37,46H,16H2,1-3H3/t29?,37?,44-/m0/s1. The summed E-state index contributed by atoms with van der Waals surface area (Å²) in [6.45, 7) is 6.96. The summed E-state index contributed by atoms with van der Waals surface area (Å²) in [6, 6.07) is 25.9. The van der Waals surface area contributed by atoms with Gasteiger partial charge in [-0.15, -0.1) is 0 Å². The fraction of sp³-hybridized carbons (Fsp3) is 0.159. The van der Waals surface area contributed by atoms with Gasteiger partial charge in [-0.2, -0.15) is 0 Å². The zero-order valence-corrected chi connectivity index (χ0v) is 26.7. The van der Waals surface area contributed by atoms with Gasteiger partial charge in [-0.25, -0.2) is 0 Å². The number of aromatic nitrogens is 1. The third kappa shape index (κ3) is 4.86. The number of fused-ring (bicyclic) bond motifs is 3. The van der Waals surface area contributed by atoms with Crippen LogP contribution < -0.4 is 5.32 Å². The lowest BCUT2D eigenvalue weighted by Gasteiger charge is -2.41. The number of hydrogen-bond acceptors (Lipinski definition) is 2. The molecule has 4 aliphatic rings. The van der Waals surface area contributed by atoms with E-state index in [1.807, 2.05) is 12.3 Å². The molecule has 224 valence electrons. The zero-order chi connectivity index (χ0) is 31.3. The fourth-order valence-electron chi connectivity index (χ4n) is 7.59. The number of para-hydroxylation sites is 1. The second-order valence-electron chi connectivity index (χ2n) is 13.1. The quantitative estimate of drug-likeness (QED) is 0.254. The van der Waals surface area contributed by atoms with Crippen LogP contribution in [0, 0.1) is 18.8 Å². The lowest BCUT2D eigenvalue weighted by atomic mass is 9.72. The number of anilines is 1. The first-order valence-corrected chi connectivity index (χ1v) is 16.4. The van der Waals surface area contributed by atoms with E-state index < -0.39 is 0 Å². The molecule has 4 aromatic rings. The summed E-state index contributed by atoms with van der Waals surface area (Å²) in [5, 5.41) is 5.24. The highest BCUT2D eigenvalue weighted by molar-refractivity contribution is 5.97. The molecule has 3 atom stereocenters. The molecule has 2 heteroatoms. The van der Waals surface area contributed by atoms with Crippen molar-refractivity contribution in [3.05, 3.63) is 179 Å². The molecule has 46 heavy (non-hydrogen) atoms. The van der Waals surface area contributed by atoms with E-state index in [0.29, 0.717) is 11.8 Å². The second-order valence-corrected chi connectivity index (χ2v) is 13.1. The average molecular weight is 595 g/mol. The Balaban J connectivity index is 1.28. The van der Waals surface area contributed by atoms with E-state index in [4.69, 9.17) is 4.98 Å². The Morgan fingerprint density at radius 2 is 1.70 bits per heavy atom. The summed E-state index contributed by atoms with van der Waals surface area (Å²) in [7, 11) is 0. The summed E-state index contributed by atoms with van der Waals surface area (Å²) >= 11 is 0. The Kier molecular flexibility index (Phi) is 6.95. The molecule has 2 heterocycles. The maximum Gasteiger partial charge on any atom is 0.0787 e. The number of benzene rings is 3. The SMILES string of the molecule is Cc1c(-c2ccccc2)ccc2c1N[C@](C)(C1=CC(C)C3C=CC=CC3=C1)C=C2C1=CC=C(c2cccc3cccnc23)C=CC1. The molecule has 0 spiro atoms. The van der Waals surface area contributed by atoms with Crippen molar-refractivity contribution < 1.29 is 0 Å². The van der Waals surface area contributed by atoms with Gasteiger partial charge in [0.25, 0.3) is 0 Å². The molecule has 0 fully saturated rings. The van der Waals surface area contributed by atoms with E-state index >= 15 is 0 Å². The summed E-state index contributed by atoms with van der Waals surface area (Å²) in [4.78, 5) is 4.74. The van der Waals surface area contributed by atoms with Crippen molar-refractivity contribution >= 4 is 27.7 Å². The molecule has 0 amide bonds. The smallest absolute Gasteiger partial charge is 0.0787 e. The molecule has 0 saturated carbocycles. The summed E-state index contributed by atoms with van der Waals surface area (Å²) in [5.74, 6) is 0.856. The second kappa shape index (κ2) is 11.3. The van der Waals surface area contributed by atoms with Crippen molar-refractivity contribution in [3.63, 3.8) is 0 Å². The topological polar surface area (TPSA) is 24.9 Å². The van der Waals surface area contributed by atoms with Gasteiger partial charge in [0.1, 0.15) is 0 Å². The molecule has 0 radical (unpaired) electrons. The molecule has 1 N–H and O–H groups in total. The molecule has 0 saturated heterocycles. The van der Waals surface area contributed by atoms with Crippen LogP contribution in [-0.4, -0.2) is 10.5 Å². The third-order valence-electron chi connectivity index (χ3n) is 10.1. The first kappa shape index (κ1) is 28.3. The fourth-order valence-corrected chi connectivity index (χ4v) is 7.59. The maximum atomic E-state index is 4.74. The molecule has 3 aromatic carbocycles. The van der Waals surface area contributed by atoms with Crippen LogP contribution >= 0.6 is 0 Å². The van der Waals surface area contributed by atoms with Crippen molar-refractivity contribution in [2.24, 2.45) is 11.8 Å². The number of pyridine rings is 1. The Morgan fingerprint density at radius 1 is 0.848 bits per heavy atom. The molecule has 3 aliphatic carbocycles. The predicted octanol–water partition coefficient (Wildman–Crippen LogP) is 11.0. The molecule has 2 nitrogen and oxygen atoms in total.